The van der Waals surface area contributed by atoms with Crippen molar-refractivity contribution in [1.82, 2.24) is 30.0 Å². The predicted molar refractivity (Wildman–Crippen MR) is 125 cm³/mol. The lowest BCUT2D eigenvalue weighted by Gasteiger charge is -2.17. The van der Waals surface area contributed by atoms with Gasteiger partial charge in [0.1, 0.15) is 5.75 Å². The number of benzene rings is 1. The van der Waals surface area contributed by atoms with Gasteiger partial charge in [0.25, 0.3) is 0 Å². The van der Waals surface area contributed by atoms with Gasteiger partial charge in [0.05, 0.1) is 47.9 Å². The second-order valence-corrected chi connectivity index (χ2v) is 9.16. The number of rotatable bonds is 6. The Labute approximate surface area is 200 Å². The van der Waals surface area contributed by atoms with Crippen LogP contribution in [0.15, 0.2) is 24.5 Å². The van der Waals surface area contributed by atoms with Crippen LogP contribution in [-0.4, -0.2) is 43.3 Å². The standard InChI is InChI=1S/C22H23Cl2N7O2/c1-30-9-12(8-26-30)4-5-33-18-7-13(23)6-16(24)19(18)20-15-10-31(22(32)27-14-2-3-14)11-17(15)28-21(25)29-20/h6-9,14H,2-5,10-11H2,1H3,(H,27,32)(H2,25,28,29). The quantitative estimate of drug-likeness (QED) is 0.549. The lowest BCUT2D eigenvalue weighted by molar-refractivity contribution is 0.197. The Morgan fingerprint density at radius 3 is 2.82 bits per heavy atom. The van der Waals surface area contributed by atoms with E-state index < -0.39 is 0 Å². The maximum atomic E-state index is 12.6. The summed E-state index contributed by atoms with van der Waals surface area (Å²) in [5, 5.41) is 8.03. The molecule has 0 atom stereocenters. The molecule has 33 heavy (non-hydrogen) atoms. The number of hydrogen-bond donors (Lipinski definition) is 2. The summed E-state index contributed by atoms with van der Waals surface area (Å²) in [6.07, 6.45) is 6.44. The van der Waals surface area contributed by atoms with E-state index in [0.29, 0.717) is 58.9 Å². The number of amides is 2. The monoisotopic (exact) mass is 487 g/mol. The molecule has 9 nitrogen and oxygen atoms in total. The first-order valence-corrected chi connectivity index (χ1v) is 11.4. The number of halogens is 2. The van der Waals surface area contributed by atoms with E-state index in [1.807, 2.05) is 13.2 Å². The number of carbonyl (C=O) groups is 1. The zero-order valence-corrected chi connectivity index (χ0v) is 19.5. The van der Waals surface area contributed by atoms with Crippen molar-refractivity contribution in [3.05, 3.63) is 51.4 Å². The van der Waals surface area contributed by atoms with Crippen LogP contribution in [-0.2, 0) is 26.6 Å². The van der Waals surface area contributed by atoms with Gasteiger partial charge in [0.15, 0.2) is 0 Å². The third-order valence-electron chi connectivity index (χ3n) is 5.65. The highest BCUT2D eigenvalue weighted by Crippen LogP contribution is 2.42. The van der Waals surface area contributed by atoms with Crippen molar-refractivity contribution in [3.8, 4) is 17.0 Å². The van der Waals surface area contributed by atoms with E-state index >= 15 is 0 Å². The van der Waals surface area contributed by atoms with Crippen LogP contribution in [0.2, 0.25) is 10.0 Å². The van der Waals surface area contributed by atoms with Gasteiger partial charge >= 0.3 is 6.03 Å². The van der Waals surface area contributed by atoms with E-state index in [0.717, 1.165) is 24.0 Å². The van der Waals surface area contributed by atoms with Gasteiger partial charge in [0, 0.05) is 36.3 Å². The maximum Gasteiger partial charge on any atom is 0.318 e. The molecule has 0 saturated heterocycles. The fraction of sp³-hybridized carbons (Fsp3) is 0.364. The molecule has 1 saturated carbocycles. The molecule has 0 radical (unpaired) electrons. The molecule has 0 spiro atoms. The number of nitrogens with one attached hydrogen (secondary N) is 1. The molecule has 1 aliphatic heterocycles. The number of hydrogen-bond acceptors (Lipinski definition) is 6. The summed E-state index contributed by atoms with van der Waals surface area (Å²) in [5.41, 5.74) is 9.73. The molecule has 3 heterocycles. The maximum absolute atomic E-state index is 12.6. The van der Waals surface area contributed by atoms with Gasteiger partial charge in [-0.1, -0.05) is 23.2 Å². The smallest absolute Gasteiger partial charge is 0.318 e. The number of urea groups is 1. The van der Waals surface area contributed by atoms with Crippen molar-refractivity contribution in [2.24, 2.45) is 7.05 Å². The number of aryl methyl sites for hydroxylation is 1. The number of nitrogens with zero attached hydrogens (tertiary/aromatic N) is 5. The van der Waals surface area contributed by atoms with Crippen molar-refractivity contribution < 1.29 is 9.53 Å². The highest BCUT2D eigenvalue weighted by atomic mass is 35.5. The molecular formula is C22H23Cl2N7O2. The van der Waals surface area contributed by atoms with E-state index in [2.05, 4.69) is 20.4 Å². The van der Waals surface area contributed by atoms with E-state index in [-0.39, 0.29) is 18.0 Å². The van der Waals surface area contributed by atoms with E-state index in [1.165, 1.54) is 0 Å². The minimum Gasteiger partial charge on any atom is -0.492 e. The van der Waals surface area contributed by atoms with Gasteiger partial charge in [-0.3, -0.25) is 4.68 Å². The van der Waals surface area contributed by atoms with Crippen molar-refractivity contribution >= 4 is 35.2 Å². The average Bonchev–Trinajstić information content (AvgIpc) is 3.29. The first-order valence-electron chi connectivity index (χ1n) is 10.7. The van der Waals surface area contributed by atoms with Gasteiger partial charge in [-0.2, -0.15) is 5.10 Å². The summed E-state index contributed by atoms with van der Waals surface area (Å²) >= 11 is 12.9. The first-order chi connectivity index (χ1) is 15.9. The Bertz CT molecular complexity index is 1230. The zero-order chi connectivity index (χ0) is 23.1. The molecule has 2 aromatic heterocycles. The highest BCUT2D eigenvalue weighted by Gasteiger charge is 2.33. The average molecular weight is 488 g/mol. The molecule has 2 aliphatic rings. The van der Waals surface area contributed by atoms with Crippen molar-refractivity contribution in [3.63, 3.8) is 0 Å². The Morgan fingerprint density at radius 2 is 2.09 bits per heavy atom. The molecular weight excluding hydrogens is 465 g/mol. The Balaban J connectivity index is 1.45. The van der Waals surface area contributed by atoms with Crippen LogP contribution in [0.25, 0.3) is 11.3 Å². The summed E-state index contributed by atoms with van der Waals surface area (Å²) in [4.78, 5) is 23.2. The Hall–Kier alpha value is -3.04. The molecule has 1 aliphatic carbocycles. The molecule has 1 aromatic carbocycles. The molecule has 0 unspecified atom stereocenters. The van der Waals surface area contributed by atoms with Crippen LogP contribution < -0.4 is 15.8 Å². The van der Waals surface area contributed by atoms with Gasteiger partial charge in [0.2, 0.25) is 5.95 Å². The Kier molecular flexibility index (Phi) is 5.76. The number of ether oxygens (including phenoxy) is 1. The van der Waals surface area contributed by atoms with Crippen LogP contribution in [0.5, 0.6) is 5.75 Å². The third kappa shape index (κ3) is 4.69. The van der Waals surface area contributed by atoms with Crippen LogP contribution in [0.3, 0.4) is 0 Å². The fourth-order valence-electron chi connectivity index (χ4n) is 3.89. The van der Waals surface area contributed by atoms with Gasteiger partial charge in [-0.15, -0.1) is 0 Å². The normalized spacial score (nSPS) is 14.9. The number of nitrogens with two attached hydrogens (primary N) is 1. The summed E-state index contributed by atoms with van der Waals surface area (Å²) in [6.45, 7) is 1.11. The lowest BCUT2D eigenvalue weighted by atomic mass is 10.0. The minimum absolute atomic E-state index is 0.112. The molecule has 3 N–H and O–H groups in total. The summed E-state index contributed by atoms with van der Waals surface area (Å²) in [7, 11) is 1.87. The topological polar surface area (TPSA) is 111 Å². The Morgan fingerprint density at radius 1 is 1.27 bits per heavy atom. The third-order valence-corrected chi connectivity index (χ3v) is 6.17. The molecule has 172 valence electrons. The SMILES string of the molecule is Cn1cc(CCOc2cc(Cl)cc(Cl)c2-c2nc(N)nc3c2CN(C(=O)NC2CC2)C3)cn1. The predicted octanol–water partition coefficient (Wildman–Crippen LogP) is 3.58. The van der Waals surface area contributed by atoms with Gasteiger partial charge in [-0.25, -0.2) is 14.8 Å². The number of carbonyl (C=O) groups excluding carboxylic acids is 1. The fourth-order valence-corrected chi connectivity index (χ4v) is 4.46. The van der Waals surface area contributed by atoms with Crippen LogP contribution >= 0.6 is 23.2 Å². The summed E-state index contributed by atoms with van der Waals surface area (Å²) < 4.78 is 7.85. The molecule has 11 heteroatoms. The van der Waals surface area contributed by atoms with Crippen molar-refractivity contribution in [2.75, 3.05) is 12.3 Å². The molecule has 3 aromatic rings. The van der Waals surface area contributed by atoms with E-state index in [4.69, 9.17) is 33.7 Å². The zero-order valence-electron chi connectivity index (χ0n) is 18.0. The summed E-state index contributed by atoms with van der Waals surface area (Å²) in [5.74, 6) is 0.609. The highest BCUT2D eigenvalue weighted by molar-refractivity contribution is 6.37. The van der Waals surface area contributed by atoms with Crippen molar-refractivity contribution in [2.45, 2.75) is 38.4 Å². The van der Waals surface area contributed by atoms with E-state index in [1.54, 1.807) is 27.9 Å². The minimum atomic E-state index is -0.116. The second-order valence-electron chi connectivity index (χ2n) is 8.32. The number of anilines is 1. The largest absolute Gasteiger partial charge is 0.492 e. The second kappa shape index (κ2) is 8.72. The summed E-state index contributed by atoms with van der Waals surface area (Å²) in [6, 6.07) is 3.50. The van der Waals surface area contributed by atoms with Crippen LogP contribution in [0, 0.1) is 0 Å². The lowest BCUT2D eigenvalue weighted by Crippen LogP contribution is -2.37. The van der Waals surface area contributed by atoms with Gasteiger partial charge < -0.3 is 20.7 Å². The molecule has 0 bridgehead atoms. The molecule has 1 fully saturated rings. The van der Waals surface area contributed by atoms with Gasteiger partial charge in [-0.05, 0) is 30.5 Å². The number of aromatic nitrogens is 4. The number of nitrogen functional groups attached to an aromatic ring is 1. The van der Waals surface area contributed by atoms with Crippen LogP contribution in [0.1, 0.15) is 29.7 Å². The number of fused-ring (bicyclic) bond motifs is 1. The van der Waals surface area contributed by atoms with E-state index in [9.17, 15) is 4.79 Å². The van der Waals surface area contributed by atoms with Crippen LogP contribution in [0.4, 0.5) is 10.7 Å². The van der Waals surface area contributed by atoms with Crippen molar-refractivity contribution in [1.29, 1.82) is 0 Å². The first kappa shape index (κ1) is 21.8. The molecule has 5 rings (SSSR count). The molecule has 2 amide bonds.